The summed E-state index contributed by atoms with van der Waals surface area (Å²) in [7, 11) is 0. The van der Waals surface area contributed by atoms with E-state index in [0.717, 1.165) is 22.9 Å². The van der Waals surface area contributed by atoms with Gasteiger partial charge in [0.2, 0.25) is 5.91 Å². The Kier molecular flexibility index (Phi) is 3.76. The highest BCUT2D eigenvalue weighted by Gasteiger charge is 2.20. The molecule has 1 N–H and O–H groups in total. The number of rotatable bonds is 2. The predicted molar refractivity (Wildman–Crippen MR) is 80.5 cm³/mol. The Balaban J connectivity index is 1.97. The van der Waals surface area contributed by atoms with Crippen molar-refractivity contribution in [2.45, 2.75) is 17.7 Å². The minimum Gasteiger partial charge on any atom is -0.326 e. The van der Waals surface area contributed by atoms with Gasteiger partial charge in [0, 0.05) is 17.7 Å². The van der Waals surface area contributed by atoms with Crippen molar-refractivity contribution >= 4 is 27.5 Å². The number of fused-ring (bicyclic) bond motifs is 1. The van der Waals surface area contributed by atoms with Gasteiger partial charge in [-0.1, -0.05) is 40.2 Å². The molecule has 21 heavy (non-hydrogen) atoms. The summed E-state index contributed by atoms with van der Waals surface area (Å²) < 4.78 is 27.2. The lowest BCUT2D eigenvalue weighted by Crippen LogP contribution is -2.19. The number of halogens is 3. The lowest BCUT2D eigenvalue weighted by molar-refractivity contribution is -0.116. The topological polar surface area (TPSA) is 29.1 Å². The molecule has 0 saturated heterocycles. The van der Waals surface area contributed by atoms with Gasteiger partial charge < -0.3 is 5.32 Å². The summed E-state index contributed by atoms with van der Waals surface area (Å²) in [6.07, 6.45) is 1.10. The molecule has 0 bridgehead atoms. The van der Waals surface area contributed by atoms with E-state index in [9.17, 15) is 13.6 Å². The van der Waals surface area contributed by atoms with Crippen molar-refractivity contribution in [2.75, 3.05) is 5.32 Å². The number of benzene rings is 2. The highest BCUT2D eigenvalue weighted by Crippen LogP contribution is 2.35. The number of anilines is 1. The van der Waals surface area contributed by atoms with Crippen molar-refractivity contribution in [2.24, 2.45) is 0 Å². The van der Waals surface area contributed by atoms with Crippen LogP contribution < -0.4 is 5.32 Å². The molecule has 1 aliphatic heterocycles. The number of aryl methyl sites for hydroxylation is 1. The number of carbonyl (C=O) groups excluding carboxylic acids is 1. The molecule has 1 heterocycles. The Bertz CT molecular complexity index is 717. The van der Waals surface area contributed by atoms with Crippen LogP contribution in [0.5, 0.6) is 0 Å². The monoisotopic (exact) mass is 351 g/mol. The first-order chi connectivity index (χ1) is 10.1. The van der Waals surface area contributed by atoms with Crippen molar-refractivity contribution in [1.82, 2.24) is 0 Å². The third-order valence-corrected chi connectivity index (χ3v) is 4.59. The predicted octanol–water partition coefficient (Wildman–Crippen LogP) is 4.33. The Morgan fingerprint density at radius 1 is 1.14 bits per heavy atom. The molecule has 1 amide bonds. The third kappa shape index (κ3) is 2.70. The summed E-state index contributed by atoms with van der Waals surface area (Å²) in [6, 6.07) is 9.65. The van der Waals surface area contributed by atoms with Crippen LogP contribution in [-0.4, -0.2) is 5.91 Å². The van der Waals surface area contributed by atoms with E-state index in [4.69, 9.17) is 0 Å². The first-order valence-corrected chi connectivity index (χ1v) is 7.48. The van der Waals surface area contributed by atoms with Gasteiger partial charge in [0.1, 0.15) is 0 Å². The summed E-state index contributed by atoms with van der Waals surface area (Å²) >= 11 is 3.42. The molecule has 5 heteroatoms. The first kappa shape index (κ1) is 14.2. The van der Waals surface area contributed by atoms with E-state index < -0.39 is 16.5 Å². The van der Waals surface area contributed by atoms with E-state index in [0.29, 0.717) is 12.8 Å². The van der Waals surface area contributed by atoms with Crippen LogP contribution in [0.15, 0.2) is 36.4 Å². The zero-order chi connectivity index (χ0) is 15.0. The molecule has 0 aliphatic carbocycles. The maximum atomic E-state index is 13.9. The summed E-state index contributed by atoms with van der Waals surface area (Å²) in [5, 5.41) is 2.80. The minimum absolute atomic E-state index is 0.00168. The highest BCUT2D eigenvalue weighted by molar-refractivity contribution is 9.09. The van der Waals surface area contributed by atoms with Crippen molar-refractivity contribution in [3.8, 4) is 0 Å². The summed E-state index contributed by atoms with van der Waals surface area (Å²) in [4.78, 5) is 10.9. The second-order valence-corrected chi connectivity index (χ2v) is 5.89. The molecule has 0 saturated carbocycles. The smallest absolute Gasteiger partial charge is 0.224 e. The Morgan fingerprint density at radius 3 is 2.76 bits per heavy atom. The summed E-state index contributed by atoms with van der Waals surface area (Å²) in [5.74, 6) is -1.70. The number of alkyl halides is 1. The van der Waals surface area contributed by atoms with Crippen molar-refractivity contribution in [1.29, 1.82) is 0 Å². The standard InChI is InChI=1S/C16H12BrF2NO/c17-15(11-2-1-3-12(18)16(11)19)10-4-6-13-9(8-10)5-7-14(21)20-13/h1-4,6,8,15H,5,7H2,(H,20,21). The van der Waals surface area contributed by atoms with Gasteiger partial charge in [-0.3, -0.25) is 4.79 Å². The molecular formula is C16H12BrF2NO. The molecule has 1 unspecified atom stereocenters. The number of nitrogens with one attached hydrogen (secondary N) is 1. The van der Waals surface area contributed by atoms with Gasteiger partial charge in [0.15, 0.2) is 11.6 Å². The maximum Gasteiger partial charge on any atom is 0.224 e. The van der Waals surface area contributed by atoms with E-state index in [-0.39, 0.29) is 11.5 Å². The van der Waals surface area contributed by atoms with Crippen LogP contribution in [0.1, 0.15) is 27.9 Å². The highest BCUT2D eigenvalue weighted by atomic mass is 79.9. The fraction of sp³-hybridized carbons (Fsp3) is 0.188. The van der Waals surface area contributed by atoms with Gasteiger partial charge in [0.25, 0.3) is 0 Å². The van der Waals surface area contributed by atoms with Gasteiger partial charge in [-0.2, -0.15) is 0 Å². The first-order valence-electron chi connectivity index (χ1n) is 6.57. The van der Waals surface area contributed by atoms with Crippen LogP contribution in [-0.2, 0) is 11.2 Å². The molecule has 1 atom stereocenters. The number of carbonyl (C=O) groups is 1. The largest absolute Gasteiger partial charge is 0.326 e. The number of hydrogen-bond donors (Lipinski definition) is 1. The molecular weight excluding hydrogens is 340 g/mol. The maximum absolute atomic E-state index is 13.9. The minimum atomic E-state index is -0.859. The van der Waals surface area contributed by atoms with Crippen molar-refractivity contribution in [3.05, 3.63) is 64.7 Å². The van der Waals surface area contributed by atoms with Crippen molar-refractivity contribution < 1.29 is 13.6 Å². The molecule has 0 radical (unpaired) electrons. The molecule has 1 aliphatic rings. The van der Waals surface area contributed by atoms with E-state index in [2.05, 4.69) is 21.2 Å². The van der Waals surface area contributed by atoms with Gasteiger partial charge in [-0.05, 0) is 29.7 Å². The molecule has 2 aromatic rings. The molecule has 0 aromatic heterocycles. The fourth-order valence-corrected chi connectivity index (χ4v) is 3.10. The van der Waals surface area contributed by atoms with Gasteiger partial charge in [-0.25, -0.2) is 8.78 Å². The Hall–Kier alpha value is -1.75. The van der Waals surface area contributed by atoms with E-state index in [1.54, 1.807) is 18.2 Å². The normalized spacial score (nSPS) is 15.3. The van der Waals surface area contributed by atoms with E-state index in [1.807, 2.05) is 6.07 Å². The van der Waals surface area contributed by atoms with Crippen LogP contribution in [0.4, 0.5) is 14.5 Å². The lowest BCUT2D eigenvalue weighted by Gasteiger charge is -2.19. The molecule has 2 aromatic carbocycles. The van der Waals surface area contributed by atoms with E-state index in [1.165, 1.54) is 6.07 Å². The molecule has 0 spiro atoms. The van der Waals surface area contributed by atoms with Crippen LogP contribution in [0, 0.1) is 11.6 Å². The van der Waals surface area contributed by atoms with Gasteiger partial charge in [-0.15, -0.1) is 0 Å². The molecule has 108 valence electrons. The molecule has 3 rings (SSSR count). The van der Waals surface area contributed by atoms with Crippen LogP contribution in [0.25, 0.3) is 0 Å². The zero-order valence-electron chi connectivity index (χ0n) is 11.0. The lowest BCUT2D eigenvalue weighted by atomic mass is 9.97. The fourth-order valence-electron chi connectivity index (χ4n) is 2.46. The number of amides is 1. The van der Waals surface area contributed by atoms with Crippen LogP contribution in [0.2, 0.25) is 0 Å². The summed E-state index contributed by atoms with van der Waals surface area (Å²) in [6.45, 7) is 0. The molecule has 2 nitrogen and oxygen atoms in total. The SMILES string of the molecule is O=C1CCc2cc(C(Br)c3cccc(F)c3F)ccc2N1. The van der Waals surface area contributed by atoms with Crippen molar-refractivity contribution in [3.63, 3.8) is 0 Å². The zero-order valence-corrected chi connectivity index (χ0v) is 12.6. The average Bonchev–Trinajstić information content (AvgIpc) is 2.49. The van der Waals surface area contributed by atoms with Gasteiger partial charge in [0.05, 0.1) is 4.83 Å². The van der Waals surface area contributed by atoms with Crippen LogP contribution in [0.3, 0.4) is 0 Å². The Labute approximate surface area is 129 Å². The van der Waals surface area contributed by atoms with E-state index >= 15 is 0 Å². The Morgan fingerprint density at radius 2 is 1.95 bits per heavy atom. The second kappa shape index (κ2) is 5.56. The quantitative estimate of drug-likeness (QED) is 0.801. The second-order valence-electron chi connectivity index (χ2n) is 4.97. The molecule has 0 fully saturated rings. The van der Waals surface area contributed by atoms with Crippen LogP contribution >= 0.6 is 15.9 Å². The third-order valence-electron chi connectivity index (χ3n) is 3.57. The number of hydrogen-bond acceptors (Lipinski definition) is 1. The average molecular weight is 352 g/mol. The van der Waals surface area contributed by atoms with Gasteiger partial charge >= 0.3 is 0 Å². The summed E-state index contributed by atoms with van der Waals surface area (Å²) in [5.41, 5.74) is 2.88.